The van der Waals surface area contributed by atoms with Crippen molar-refractivity contribution >= 4 is 5.91 Å². The molecule has 0 aromatic rings. The van der Waals surface area contributed by atoms with Crippen LogP contribution in [0.3, 0.4) is 0 Å². The molecule has 1 amide bonds. The van der Waals surface area contributed by atoms with Crippen molar-refractivity contribution in [3.8, 4) is 0 Å². The predicted octanol–water partition coefficient (Wildman–Crippen LogP) is 0.401. The standard InChI is InChI=1S/C6H7N2O.C5H5.Fe/c7-8-6(9)5-3-1-2-4-5;1-2-4-5-3-1;/h1-4H,7H2,(H,8,9);1-5H;/q;;+2. The Kier molecular flexibility index (Phi) is 9.16. The maximum atomic E-state index is 10.6. The first-order valence-corrected chi connectivity index (χ1v) is 4.24. The monoisotopic (exact) mass is 244 g/mol. The van der Waals surface area contributed by atoms with Crippen LogP contribution >= 0.6 is 0 Å². The van der Waals surface area contributed by atoms with Crippen molar-refractivity contribution < 1.29 is 21.9 Å². The zero-order chi connectivity index (χ0) is 10.2. The molecule has 4 heteroatoms. The van der Waals surface area contributed by atoms with Gasteiger partial charge in [0.05, 0.1) is 5.92 Å². The Morgan fingerprint density at radius 1 is 0.933 bits per heavy atom. The van der Waals surface area contributed by atoms with Gasteiger partial charge in [-0.3, -0.25) is 10.2 Å². The fraction of sp³-hybridized carbons (Fsp3) is 0. The van der Waals surface area contributed by atoms with Gasteiger partial charge in [0.1, 0.15) is 0 Å². The molecule has 10 radical (unpaired) electrons. The van der Waals surface area contributed by atoms with Crippen LogP contribution in [0.25, 0.3) is 0 Å². The summed E-state index contributed by atoms with van der Waals surface area (Å²) in [6.07, 6.45) is 17.0. The van der Waals surface area contributed by atoms with Crippen LogP contribution in [-0.2, 0) is 21.9 Å². The number of amides is 1. The molecule has 0 atom stereocenters. The largest absolute Gasteiger partial charge is 2.00 e. The number of hydrazine groups is 1. The number of rotatable bonds is 1. The van der Waals surface area contributed by atoms with Crippen LogP contribution < -0.4 is 11.3 Å². The Labute approximate surface area is 103 Å². The molecule has 0 bridgehead atoms. The van der Waals surface area contributed by atoms with Crippen LogP contribution in [0.5, 0.6) is 0 Å². The second-order valence-corrected chi connectivity index (χ2v) is 2.61. The molecule has 15 heavy (non-hydrogen) atoms. The van der Waals surface area contributed by atoms with Crippen LogP contribution in [0.1, 0.15) is 0 Å². The van der Waals surface area contributed by atoms with Gasteiger partial charge in [-0.05, 0) is 57.8 Å². The zero-order valence-electron chi connectivity index (χ0n) is 8.04. The quantitative estimate of drug-likeness (QED) is 0.303. The van der Waals surface area contributed by atoms with Gasteiger partial charge in [0.2, 0.25) is 5.91 Å². The molecule has 0 aromatic carbocycles. The summed E-state index contributed by atoms with van der Waals surface area (Å²) in [5.41, 5.74) is 2.03. The first-order valence-electron chi connectivity index (χ1n) is 4.24. The zero-order valence-corrected chi connectivity index (χ0v) is 9.14. The Balaban J connectivity index is 0.000000280. The Bertz CT molecular complexity index is 158. The third-order valence-corrected chi connectivity index (χ3v) is 1.61. The van der Waals surface area contributed by atoms with Gasteiger partial charge < -0.3 is 0 Å². The molecule has 78 valence electrons. The van der Waals surface area contributed by atoms with Crippen molar-refractivity contribution in [2.75, 3.05) is 0 Å². The third-order valence-electron chi connectivity index (χ3n) is 1.61. The molecule has 0 heterocycles. The molecular formula is C11H12FeN2O+2. The number of hydrogen-bond donors (Lipinski definition) is 2. The summed E-state index contributed by atoms with van der Waals surface area (Å²) in [5, 5.41) is 0. The van der Waals surface area contributed by atoms with Gasteiger partial charge >= 0.3 is 17.1 Å². The fourth-order valence-electron chi connectivity index (χ4n) is 0.929. The molecule has 2 rings (SSSR count). The van der Waals surface area contributed by atoms with Crippen LogP contribution in [0, 0.1) is 63.7 Å². The maximum Gasteiger partial charge on any atom is 2.00 e. The van der Waals surface area contributed by atoms with Gasteiger partial charge in [0.15, 0.2) is 0 Å². The number of carbonyl (C=O) groups excluding carboxylic acids is 1. The van der Waals surface area contributed by atoms with Crippen molar-refractivity contribution in [1.29, 1.82) is 0 Å². The summed E-state index contributed by atoms with van der Waals surface area (Å²) >= 11 is 0. The van der Waals surface area contributed by atoms with E-state index in [2.05, 4.69) is 0 Å². The molecule has 0 aromatic heterocycles. The molecule has 0 saturated heterocycles. The molecule has 2 aliphatic rings. The topological polar surface area (TPSA) is 55.1 Å². The minimum atomic E-state index is -0.250. The third kappa shape index (κ3) is 6.18. The van der Waals surface area contributed by atoms with E-state index < -0.39 is 0 Å². The van der Waals surface area contributed by atoms with Gasteiger partial charge in [0, 0.05) is 0 Å². The Hall–Kier alpha value is -0.0505. The van der Waals surface area contributed by atoms with E-state index in [1.54, 1.807) is 25.7 Å². The molecule has 0 unspecified atom stereocenters. The van der Waals surface area contributed by atoms with Gasteiger partial charge in [-0.15, -0.1) is 0 Å². The minimum Gasteiger partial charge on any atom is -0.294 e. The maximum absolute atomic E-state index is 10.6. The van der Waals surface area contributed by atoms with Crippen LogP contribution in [0.4, 0.5) is 0 Å². The van der Waals surface area contributed by atoms with Gasteiger partial charge in [0.25, 0.3) is 0 Å². The Morgan fingerprint density at radius 3 is 1.67 bits per heavy atom. The minimum absolute atomic E-state index is 0. The van der Waals surface area contributed by atoms with Crippen molar-refractivity contribution in [3.63, 3.8) is 0 Å². The number of nitrogens with one attached hydrogen (secondary N) is 1. The first-order chi connectivity index (χ1) is 6.84. The smallest absolute Gasteiger partial charge is 0.294 e. The van der Waals surface area contributed by atoms with Crippen molar-refractivity contribution in [2.24, 2.45) is 5.84 Å². The average Bonchev–Trinajstić information content (AvgIpc) is 2.91. The molecule has 3 nitrogen and oxygen atoms in total. The van der Waals surface area contributed by atoms with Crippen molar-refractivity contribution in [3.05, 3.63) is 63.7 Å². The second-order valence-electron chi connectivity index (χ2n) is 2.61. The molecule has 3 N–H and O–H groups in total. The number of hydrogen-bond acceptors (Lipinski definition) is 2. The van der Waals surface area contributed by atoms with E-state index in [1.165, 1.54) is 0 Å². The van der Waals surface area contributed by atoms with E-state index in [4.69, 9.17) is 5.84 Å². The molecule has 0 spiro atoms. The summed E-state index contributed by atoms with van der Waals surface area (Å²) in [5.74, 6) is 5.21. The molecule has 2 saturated carbocycles. The fourth-order valence-corrected chi connectivity index (χ4v) is 0.929. The summed E-state index contributed by atoms with van der Waals surface area (Å²) in [4.78, 5) is 10.6. The van der Waals surface area contributed by atoms with E-state index >= 15 is 0 Å². The molecule has 0 aliphatic heterocycles. The average molecular weight is 244 g/mol. The van der Waals surface area contributed by atoms with Gasteiger partial charge in [-0.1, -0.05) is 0 Å². The number of nitrogens with two attached hydrogens (primary N) is 1. The van der Waals surface area contributed by atoms with Crippen molar-refractivity contribution in [1.82, 2.24) is 5.43 Å². The number of carbonyl (C=O) groups is 1. The predicted molar refractivity (Wildman–Crippen MR) is 54.3 cm³/mol. The normalized spacial score (nSPS) is 20.1. The van der Waals surface area contributed by atoms with E-state index in [-0.39, 0.29) is 23.0 Å². The molecule has 2 fully saturated rings. The summed E-state index contributed by atoms with van der Waals surface area (Å²) in [6, 6.07) is 0. The van der Waals surface area contributed by atoms with E-state index in [1.807, 2.05) is 37.5 Å². The second kappa shape index (κ2) is 9.20. The Morgan fingerprint density at radius 2 is 1.33 bits per heavy atom. The van der Waals surface area contributed by atoms with E-state index in [0.717, 1.165) is 0 Å². The first kappa shape index (κ1) is 14.9. The molecular weight excluding hydrogens is 232 g/mol. The summed E-state index contributed by atoms with van der Waals surface area (Å²) in [6.45, 7) is 0. The summed E-state index contributed by atoms with van der Waals surface area (Å²) in [7, 11) is 0. The molecule has 2 aliphatic carbocycles. The van der Waals surface area contributed by atoms with E-state index in [9.17, 15) is 4.79 Å². The SMILES string of the molecule is NNC(=O)[C]1[CH][CH][CH][CH]1.[CH]1[CH][CH][CH][CH]1.[Fe+2]. The van der Waals surface area contributed by atoms with Crippen LogP contribution in [0.2, 0.25) is 0 Å². The van der Waals surface area contributed by atoms with Gasteiger partial charge in [-0.2, -0.15) is 0 Å². The van der Waals surface area contributed by atoms with Crippen LogP contribution in [0.15, 0.2) is 0 Å². The van der Waals surface area contributed by atoms with E-state index in [0.29, 0.717) is 5.92 Å². The van der Waals surface area contributed by atoms with Crippen LogP contribution in [-0.4, -0.2) is 5.91 Å². The van der Waals surface area contributed by atoms with Gasteiger partial charge in [-0.25, -0.2) is 5.84 Å². The van der Waals surface area contributed by atoms with Crippen molar-refractivity contribution in [2.45, 2.75) is 0 Å². The summed E-state index contributed by atoms with van der Waals surface area (Å²) < 4.78 is 0.